The van der Waals surface area contributed by atoms with Crippen molar-refractivity contribution in [1.29, 1.82) is 0 Å². The summed E-state index contributed by atoms with van der Waals surface area (Å²) in [7, 11) is 1.62. The number of halogens is 1. The Kier molecular flexibility index (Phi) is 4.23. The van der Waals surface area contributed by atoms with E-state index in [2.05, 4.69) is 15.3 Å². The zero-order valence-corrected chi connectivity index (χ0v) is 12.4. The van der Waals surface area contributed by atoms with Gasteiger partial charge in [0.2, 0.25) is 5.95 Å². The molecule has 7 nitrogen and oxygen atoms in total. The molecular formula is C13H13ClN4O3. The predicted octanol–water partition coefficient (Wildman–Crippen LogP) is 3.49. The molecule has 1 aromatic heterocycles. The van der Waals surface area contributed by atoms with Gasteiger partial charge in [-0.05, 0) is 31.5 Å². The number of aryl methyl sites for hydroxylation is 2. The van der Waals surface area contributed by atoms with Gasteiger partial charge in [0, 0.05) is 7.05 Å². The van der Waals surface area contributed by atoms with Gasteiger partial charge in [-0.2, -0.15) is 4.98 Å². The van der Waals surface area contributed by atoms with Gasteiger partial charge >= 0.3 is 11.6 Å². The minimum atomic E-state index is -0.576. The number of nitrogens with zero attached hydrogens (tertiary/aromatic N) is 3. The lowest BCUT2D eigenvalue weighted by atomic mass is 10.2. The summed E-state index contributed by atoms with van der Waals surface area (Å²) in [6.07, 6.45) is 0. The smallest absolute Gasteiger partial charge is 0.352 e. The van der Waals surface area contributed by atoms with Crippen LogP contribution in [0.4, 0.5) is 11.6 Å². The first-order valence-electron chi connectivity index (χ1n) is 6.07. The van der Waals surface area contributed by atoms with Crippen LogP contribution in [0.5, 0.6) is 11.6 Å². The van der Waals surface area contributed by atoms with Gasteiger partial charge in [-0.3, -0.25) is 10.1 Å². The van der Waals surface area contributed by atoms with E-state index in [0.29, 0.717) is 10.8 Å². The highest BCUT2D eigenvalue weighted by atomic mass is 35.5. The molecule has 0 fully saturated rings. The van der Waals surface area contributed by atoms with Gasteiger partial charge in [0.1, 0.15) is 11.4 Å². The van der Waals surface area contributed by atoms with E-state index in [9.17, 15) is 10.1 Å². The van der Waals surface area contributed by atoms with Crippen molar-refractivity contribution in [3.05, 3.63) is 44.6 Å². The predicted molar refractivity (Wildman–Crippen MR) is 79.2 cm³/mol. The van der Waals surface area contributed by atoms with Gasteiger partial charge in [-0.15, -0.1) is 0 Å². The Morgan fingerprint density at radius 3 is 2.67 bits per heavy atom. The van der Waals surface area contributed by atoms with Crippen molar-refractivity contribution < 1.29 is 9.66 Å². The second kappa shape index (κ2) is 5.92. The van der Waals surface area contributed by atoms with Crippen LogP contribution in [0.15, 0.2) is 18.2 Å². The molecule has 2 rings (SSSR count). The van der Waals surface area contributed by atoms with Crippen LogP contribution in [0.25, 0.3) is 0 Å². The molecule has 0 spiro atoms. The largest absolute Gasteiger partial charge is 0.432 e. The fourth-order valence-corrected chi connectivity index (χ4v) is 1.88. The first-order valence-corrected chi connectivity index (χ1v) is 6.45. The zero-order chi connectivity index (χ0) is 15.6. The first kappa shape index (κ1) is 15.0. The van der Waals surface area contributed by atoms with Crippen molar-refractivity contribution in [2.24, 2.45) is 0 Å². The van der Waals surface area contributed by atoms with Crippen molar-refractivity contribution in [2.75, 3.05) is 12.4 Å². The molecule has 1 N–H and O–H groups in total. The molecule has 0 saturated carbocycles. The molecule has 0 unspecified atom stereocenters. The van der Waals surface area contributed by atoms with Crippen LogP contribution >= 0.6 is 11.6 Å². The number of nitro groups is 1. The van der Waals surface area contributed by atoms with Crippen LogP contribution in [-0.4, -0.2) is 21.9 Å². The van der Waals surface area contributed by atoms with Gasteiger partial charge in [0.25, 0.3) is 0 Å². The maximum absolute atomic E-state index is 11.2. The molecule has 0 atom stereocenters. The third-order valence-electron chi connectivity index (χ3n) is 2.73. The maximum atomic E-state index is 11.2. The molecule has 8 heteroatoms. The number of ether oxygens (including phenoxy) is 1. The molecule has 21 heavy (non-hydrogen) atoms. The van der Waals surface area contributed by atoms with E-state index in [1.54, 1.807) is 19.2 Å². The number of hydrogen-bond acceptors (Lipinski definition) is 6. The lowest BCUT2D eigenvalue weighted by Gasteiger charge is -2.10. The summed E-state index contributed by atoms with van der Waals surface area (Å²) in [5.74, 6) is 0.390. The Labute approximate surface area is 126 Å². The van der Waals surface area contributed by atoms with Gasteiger partial charge in [-0.1, -0.05) is 17.7 Å². The average Bonchev–Trinajstić information content (AvgIpc) is 2.41. The molecule has 0 radical (unpaired) electrons. The van der Waals surface area contributed by atoms with E-state index in [4.69, 9.17) is 16.3 Å². The lowest BCUT2D eigenvalue weighted by Crippen LogP contribution is -2.05. The third-order valence-corrected chi connectivity index (χ3v) is 3.04. The molecule has 0 aliphatic heterocycles. The highest BCUT2D eigenvalue weighted by molar-refractivity contribution is 6.32. The third kappa shape index (κ3) is 3.19. The zero-order valence-electron chi connectivity index (χ0n) is 11.7. The minimum absolute atomic E-state index is 0.149. The number of hydrogen-bond donors (Lipinski definition) is 1. The summed E-state index contributed by atoms with van der Waals surface area (Å²) in [6, 6.07) is 5.15. The fourth-order valence-electron chi connectivity index (χ4n) is 1.73. The minimum Gasteiger partial charge on any atom is -0.432 e. The van der Waals surface area contributed by atoms with E-state index in [1.165, 1.54) is 6.92 Å². The van der Waals surface area contributed by atoms with Crippen LogP contribution in [0, 0.1) is 24.0 Å². The highest BCUT2D eigenvalue weighted by Crippen LogP contribution is 2.35. The standard InChI is InChI=1S/C13H13ClN4O3/c1-7-4-5-9(14)10(6-7)21-12-11(18(19)20)8(2)16-13(15-3)17-12/h4-6H,1-3H3,(H,15,16,17). The fraction of sp³-hybridized carbons (Fsp3) is 0.231. The van der Waals surface area contributed by atoms with Crippen LogP contribution in [0.1, 0.15) is 11.3 Å². The maximum Gasteiger partial charge on any atom is 0.352 e. The molecule has 2 aromatic rings. The Morgan fingerprint density at radius 2 is 2.05 bits per heavy atom. The summed E-state index contributed by atoms with van der Waals surface area (Å²) < 4.78 is 5.54. The summed E-state index contributed by atoms with van der Waals surface area (Å²) >= 11 is 6.04. The van der Waals surface area contributed by atoms with Crippen molar-refractivity contribution in [3.8, 4) is 11.6 Å². The second-order valence-electron chi connectivity index (χ2n) is 4.33. The van der Waals surface area contributed by atoms with Crippen LogP contribution in [-0.2, 0) is 0 Å². The van der Waals surface area contributed by atoms with E-state index in [1.807, 2.05) is 13.0 Å². The normalized spacial score (nSPS) is 10.3. The first-order chi connectivity index (χ1) is 9.92. The quantitative estimate of drug-likeness (QED) is 0.687. The monoisotopic (exact) mass is 308 g/mol. The molecule has 0 bridgehead atoms. The molecule has 0 saturated heterocycles. The van der Waals surface area contributed by atoms with E-state index in [-0.39, 0.29) is 23.2 Å². The van der Waals surface area contributed by atoms with Crippen LogP contribution < -0.4 is 10.1 Å². The molecule has 110 valence electrons. The summed E-state index contributed by atoms with van der Waals surface area (Å²) in [6.45, 7) is 3.38. The number of nitrogens with one attached hydrogen (secondary N) is 1. The number of benzene rings is 1. The summed E-state index contributed by atoms with van der Waals surface area (Å²) in [5, 5.41) is 14.2. The van der Waals surface area contributed by atoms with Gasteiger partial charge < -0.3 is 10.1 Å². The SMILES string of the molecule is CNc1nc(C)c([N+](=O)[O-])c(Oc2cc(C)ccc2Cl)n1. The van der Waals surface area contributed by atoms with Gasteiger partial charge in [0.15, 0.2) is 0 Å². The van der Waals surface area contributed by atoms with Crippen molar-refractivity contribution in [3.63, 3.8) is 0 Å². The van der Waals surface area contributed by atoms with Crippen molar-refractivity contribution in [2.45, 2.75) is 13.8 Å². The van der Waals surface area contributed by atoms with Gasteiger partial charge in [-0.25, -0.2) is 4.98 Å². The molecule has 0 amide bonds. The Bertz CT molecular complexity index is 706. The van der Waals surface area contributed by atoms with E-state index < -0.39 is 4.92 Å². The van der Waals surface area contributed by atoms with Crippen LogP contribution in [0.3, 0.4) is 0 Å². The number of aromatic nitrogens is 2. The summed E-state index contributed by atoms with van der Waals surface area (Å²) in [5.41, 5.74) is 0.835. The molecular weight excluding hydrogens is 296 g/mol. The van der Waals surface area contributed by atoms with Crippen LogP contribution in [0.2, 0.25) is 5.02 Å². The Balaban J connectivity index is 2.54. The average molecular weight is 309 g/mol. The highest BCUT2D eigenvalue weighted by Gasteiger charge is 2.24. The van der Waals surface area contributed by atoms with Gasteiger partial charge in [0.05, 0.1) is 9.95 Å². The lowest BCUT2D eigenvalue weighted by molar-refractivity contribution is -0.386. The molecule has 1 aromatic carbocycles. The second-order valence-corrected chi connectivity index (χ2v) is 4.74. The Hall–Kier alpha value is -2.41. The van der Waals surface area contributed by atoms with Crippen molar-refractivity contribution in [1.82, 2.24) is 9.97 Å². The topological polar surface area (TPSA) is 90.2 Å². The van der Waals surface area contributed by atoms with Crippen molar-refractivity contribution >= 4 is 23.2 Å². The summed E-state index contributed by atoms with van der Waals surface area (Å²) in [4.78, 5) is 18.6. The number of rotatable bonds is 4. The number of anilines is 1. The Morgan fingerprint density at radius 1 is 1.33 bits per heavy atom. The van der Waals surface area contributed by atoms with E-state index >= 15 is 0 Å². The molecule has 1 heterocycles. The van der Waals surface area contributed by atoms with E-state index in [0.717, 1.165) is 5.56 Å². The molecule has 0 aliphatic rings. The molecule has 0 aliphatic carbocycles.